The maximum Gasteiger partial charge on any atom is 0.322 e. The number of amides is 3. The fourth-order valence-electron chi connectivity index (χ4n) is 4.02. The predicted molar refractivity (Wildman–Crippen MR) is 151 cm³/mol. The number of urea groups is 1. The number of nitrogens with zero attached hydrogens (tertiary/aromatic N) is 2. The Morgan fingerprint density at radius 2 is 1.77 bits per heavy atom. The van der Waals surface area contributed by atoms with Gasteiger partial charge in [0, 0.05) is 37.4 Å². The Bertz CT molecular complexity index is 1240. The topological polar surface area (TPSA) is 80.3 Å². The molecule has 0 saturated carbocycles. The largest absolute Gasteiger partial charge is 0.493 e. The van der Waals surface area contributed by atoms with Crippen molar-refractivity contribution in [3.8, 4) is 11.5 Å². The molecule has 2 aromatic carbocycles. The van der Waals surface area contributed by atoms with Crippen molar-refractivity contribution < 1.29 is 28.2 Å². The van der Waals surface area contributed by atoms with Gasteiger partial charge in [-0.1, -0.05) is 12.1 Å². The Morgan fingerprint density at radius 3 is 2.44 bits per heavy atom. The van der Waals surface area contributed by atoms with E-state index in [4.69, 9.17) is 14.2 Å². The van der Waals surface area contributed by atoms with Gasteiger partial charge in [-0.25, -0.2) is 9.18 Å². The zero-order chi connectivity index (χ0) is 28.2. The van der Waals surface area contributed by atoms with E-state index in [1.807, 2.05) is 36.6 Å². The average molecular weight is 558 g/mol. The molecule has 8 nitrogen and oxygen atoms in total. The lowest BCUT2D eigenvalue weighted by atomic mass is 10.1. The number of aryl methyl sites for hydroxylation is 1. The van der Waals surface area contributed by atoms with Crippen LogP contribution in [0.3, 0.4) is 0 Å². The smallest absolute Gasteiger partial charge is 0.322 e. The second kappa shape index (κ2) is 15.1. The van der Waals surface area contributed by atoms with Crippen LogP contribution in [-0.2, 0) is 22.5 Å². The van der Waals surface area contributed by atoms with Gasteiger partial charge < -0.3 is 29.3 Å². The summed E-state index contributed by atoms with van der Waals surface area (Å²) in [5.74, 6) is 0.622. The number of hydrogen-bond donors (Lipinski definition) is 1. The van der Waals surface area contributed by atoms with E-state index < -0.39 is 11.8 Å². The molecule has 0 atom stereocenters. The molecule has 10 heteroatoms. The lowest BCUT2D eigenvalue weighted by Crippen LogP contribution is -2.45. The van der Waals surface area contributed by atoms with Crippen molar-refractivity contribution in [2.24, 2.45) is 0 Å². The average Bonchev–Trinajstić information content (AvgIpc) is 3.34. The van der Waals surface area contributed by atoms with Crippen LogP contribution in [0.5, 0.6) is 11.5 Å². The molecule has 0 radical (unpaired) electrons. The van der Waals surface area contributed by atoms with Crippen LogP contribution in [0.25, 0.3) is 0 Å². The van der Waals surface area contributed by atoms with Gasteiger partial charge in [0.2, 0.25) is 5.91 Å². The first kappa shape index (κ1) is 29.9. The third kappa shape index (κ3) is 8.97. The van der Waals surface area contributed by atoms with Crippen molar-refractivity contribution in [3.63, 3.8) is 0 Å². The third-order valence-corrected chi connectivity index (χ3v) is 7.25. The lowest BCUT2D eigenvalue weighted by molar-refractivity contribution is -0.132. The van der Waals surface area contributed by atoms with Crippen molar-refractivity contribution >= 4 is 29.0 Å². The SMILES string of the molecule is COCCCN(CC(=O)N(CCc1ccc(OC)c(OC)c1)Cc1sccc1C)C(=O)Nc1cccc(F)c1. The Labute approximate surface area is 233 Å². The fraction of sp³-hybridized carbons (Fsp3) is 0.379. The standard InChI is InChI=1S/C29H36FN3O5S/c1-21-12-16-39-27(21)19-32(14-11-22-9-10-25(37-3)26(17-22)38-4)28(34)20-33(13-6-15-36-2)29(35)31-24-8-5-7-23(30)18-24/h5,7-10,12,16-18H,6,11,13-15,19-20H2,1-4H3,(H,31,35). The molecule has 3 rings (SSSR count). The molecule has 3 amide bonds. The van der Waals surface area contributed by atoms with Crippen molar-refractivity contribution in [1.29, 1.82) is 0 Å². The van der Waals surface area contributed by atoms with E-state index in [-0.39, 0.29) is 12.5 Å². The summed E-state index contributed by atoms with van der Waals surface area (Å²) >= 11 is 1.60. The molecule has 0 fully saturated rings. The summed E-state index contributed by atoms with van der Waals surface area (Å²) in [7, 11) is 4.76. The van der Waals surface area contributed by atoms with Crippen LogP contribution in [0, 0.1) is 12.7 Å². The number of thiophene rings is 1. The minimum atomic E-state index is -0.475. The molecule has 1 heterocycles. The van der Waals surface area contributed by atoms with Gasteiger partial charge in [-0.05, 0) is 72.7 Å². The predicted octanol–water partition coefficient (Wildman–Crippen LogP) is 5.35. The first-order valence-electron chi connectivity index (χ1n) is 12.7. The number of benzene rings is 2. The molecule has 0 spiro atoms. The quantitative estimate of drug-likeness (QED) is 0.270. The van der Waals surface area contributed by atoms with Crippen LogP contribution in [0.1, 0.15) is 22.4 Å². The Morgan fingerprint density at radius 1 is 0.974 bits per heavy atom. The maximum absolute atomic E-state index is 13.7. The number of carbonyl (C=O) groups excluding carboxylic acids is 2. The Balaban J connectivity index is 1.77. The monoisotopic (exact) mass is 557 g/mol. The van der Waals surface area contributed by atoms with Crippen LogP contribution in [0.15, 0.2) is 53.9 Å². The van der Waals surface area contributed by atoms with Crippen LogP contribution in [0.2, 0.25) is 0 Å². The molecule has 0 saturated heterocycles. The van der Waals surface area contributed by atoms with Crippen molar-refractivity contribution in [1.82, 2.24) is 9.80 Å². The zero-order valence-electron chi connectivity index (χ0n) is 22.9. The summed E-state index contributed by atoms with van der Waals surface area (Å²) < 4.78 is 29.6. The Hall–Kier alpha value is -3.63. The van der Waals surface area contributed by atoms with E-state index in [1.165, 1.54) is 23.1 Å². The highest BCUT2D eigenvalue weighted by molar-refractivity contribution is 7.10. The van der Waals surface area contributed by atoms with Crippen molar-refractivity contribution in [2.75, 3.05) is 52.9 Å². The van der Waals surface area contributed by atoms with Crippen LogP contribution in [-0.4, -0.2) is 69.3 Å². The van der Waals surface area contributed by atoms with Gasteiger partial charge in [-0.2, -0.15) is 0 Å². The van der Waals surface area contributed by atoms with Crippen molar-refractivity contribution in [3.05, 3.63) is 75.7 Å². The summed E-state index contributed by atoms with van der Waals surface area (Å²) in [6, 6.07) is 12.9. The summed E-state index contributed by atoms with van der Waals surface area (Å²) in [5.41, 5.74) is 2.43. The van der Waals surface area contributed by atoms with Gasteiger partial charge in [-0.15, -0.1) is 11.3 Å². The highest BCUT2D eigenvalue weighted by Crippen LogP contribution is 2.28. The van der Waals surface area contributed by atoms with E-state index >= 15 is 0 Å². The van der Waals surface area contributed by atoms with E-state index in [2.05, 4.69) is 5.32 Å². The summed E-state index contributed by atoms with van der Waals surface area (Å²) in [5, 5.41) is 4.71. The highest BCUT2D eigenvalue weighted by atomic mass is 32.1. The molecular formula is C29H36FN3O5S. The lowest BCUT2D eigenvalue weighted by Gasteiger charge is -2.28. The van der Waals surface area contributed by atoms with E-state index in [0.29, 0.717) is 56.3 Å². The molecule has 0 unspecified atom stereocenters. The summed E-state index contributed by atoms with van der Waals surface area (Å²) in [6.45, 7) is 3.53. The number of methoxy groups -OCH3 is 3. The molecule has 0 aliphatic heterocycles. The van der Waals surface area contributed by atoms with E-state index in [0.717, 1.165) is 16.0 Å². The zero-order valence-corrected chi connectivity index (χ0v) is 23.7. The van der Waals surface area contributed by atoms with Gasteiger partial charge in [0.1, 0.15) is 12.4 Å². The molecule has 1 N–H and O–H groups in total. The van der Waals surface area contributed by atoms with Gasteiger partial charge in [0.15, 0.2) is 11.5 Å². The molecule has 3 aromatic rings. The number of halogens is 1. The molecule has 0 aliphatic carbocycles. The van der Waals surface area contributed by atoms with Crippen LogP contribution in [0.4, 0.5) is 14.9 Å². The molecule has 210 valence electrons. The van der Waals surface area contributed by atoms with Gasteiger partial charge in [0.05, 0.1) is 20.8 Å². The molecular weight excluding hydrogens is 521 g/mol. The van der Waals surface area contributed by atoms with Crippen LogP contribution >= 0.6 is 11.3 Å². The fourth-order valence-corrected chi connectivity index (χ4v) is 4.94. The third-order valence-electron chi connectivity index (χ3n) is 6.24. The second-order valence-electron chi connectivity index (χ2n) is 8.99. The minimum Gasteiger partial charge on any atom is -0.493 e. The number of anilines is 1. The molecule has 0 bridgehead atoms. The number of ether oxygens (including phenoxy) is 3. The second-order valence-corrected chi connectivity index (χ2v) is 9.99. The minimum absolute atomic E-state index is 0.124. The number of carbonyl (C=O) groups is 2. The maximum atomic E-state index is 13.7. The first-order chi connectivity index (χ1) is 18.8. The van der Waals surface area contributed by atoms with Crippen LogP contribution < -0.4 is 14.8 Å². The summed E-state index contributed by atoms with van der Waals surface area (Å²) in [4.78, 5) is 31.1. The first-order valence-corrected chi connectivity index (χ1v) is 13.5. The summed E-state index contributed by atoms with van der Waals surface area (Å²) in [6.07, 6.45) is 1.14. The number of rotatable bonds is 14. The van der Waals surface area contributed by atoms with E-state index in [9.17, 15) is 14.0 Å². The molecule has 39 heavy (non-hydrogen) atoms. The Kier molecular flexibility index (Phi) is 11.6. The van der Waals surface area contributed by atoms with E-state index in [1.54, 1.807) is 43.6 Å². The molecule has 1 aromatic heterocycles. The number of hydrogen-bond acceptors (Lipinski definition) is 6. The van der Waals surface area contributed by atoms with Crippen molar-refractivity contribution in [2.45, 2.75) is 26.3 Å². The normalized spacial score (nSPS) is 10.7. The van der Waals surface area contributed by atoms with Gasteiger partial charge in [0.25, 0.3) is 0 Å². The number of nitrogens with one attached hydrogen (secondary N) is 1. The van der Waals surface area contributed by atoms with Gasteiger partial charge in [-0.3, -0.25) is 4.79 Å². The van der Waals surface area contributed by atoms with Gasteiger partial charge >= 0.3 is 6.03 Å². The molecule has 0 aliphatic rings. The highest BCUT2D eigenvalue weighted by Gasteiger charge is 2.23.